The van der Waals surface area contributed by atoms with Crippen LogP contribution >= 0.6 is 11.6 Å². The minimum absolute atomic E-state index is 0.252. The highest BCUT2D eigenvalue weighted by Crippen LogP contribution is 2.16. The molecule has 0 saturated heterocycles. The Morgan fingerprint density at radius 1 is 1.28 bits per heavy atom. The fourth-order valence-corrected chi connectivity index (χ4v) is 1.47. The lowest BCUT2D eigenvalue weighted by atomic mass is 10.2. The molecule has 0 aliphatic rings. The highest BCUT2D eigenvalue weighted by atomic mass is 35.5. The average Bonchev–Trinajstić information content (AvgIpc) is 2.33. The van der Waals surface area contributed by atoms with Crippen LogP contribution in [0.25, 0.3) is 0 Å². The van der Waals surface area contributed by atoms with E-state index in [1.54, 1.807) is 13.2 Å². The molecule has 0 unspecified atom stereocenters. The molecule has 0 atom stereocenters. The van der Waals surface area contributed by atoms with Crippen molar-refractivity contribution >= 4 is 17.4 Å². The summed E-state index contributed by atoms with van der Waals surface area (Å²) in [5.41, 5.74) is 0. The van der Waals surface area contributed by atoms with Gasteiger partial charge in [-0.1, -0.05) is 25.4 Å². The minimum Gasteiger partial charge on any atom is -0.382 e. The third kappa shape index (κ3) is 5.62. The minimum atomic E-state index is 0.252. The van der Waals surface area contributed by atoms with E-state index in [1.165, 1.54) is 0 Å². The second kappa shape index (κ2) is 8.24. The normalized spacial score (nSPS) is 10.9. The van der Waals surface area contributed by atoms with E-state index in [2.05, 4.69) is 15.3 Å². The Kier molecular flexibility index (Phi) is 6.93. The van der Waals surface area contributed by atoms with Gasteiger partial charge in [0.05, 0.1) is 19.8 Å². The van der Waals surface area contributed by atoms with Gasteiger partial charge in [-0.15, -0.1) is 0 Å². The number of aromatic nitrogens is 2. The van der Waals surface area contributed by atoms with Crippen molar-refractivity contribution in [3.63, 3.8) is 0 Å². The van der Waals surface area contributed by atoms with E-state index in [0.29, 0.717) is 31.5 Å². The Morgan fingerprint density at radius 2 is 2.06 bits per heavy atom. The van der Waals surface area contributed by atoms with Crippen LogP contribution in [0, 0.1) is 0 Å². The molecule has 0 aromatic carbocycles. The number of anilines is 1. The van der Waals surface area contributed by atoms with Crippen molar-refractivity contribution in [2.45, 2.75) is 19.8 Å². The van der Waals surface area contributed by atoms with E-state index in [0.717, 1.165) is 11.6 Å². The average molecular weight is 274 g/mol. The summed E-state index contributed by atoms with van der Waals surface area (Å²) in [6, 6.07) is 1.71. The van der Waals surface area contributed by atoms with E-state index in [1.807, 2.05) is 13.8 Å². The maximum absolute atomic E-state index is 5.94. The SMILES string of the molecule is COCCOCCNc1cc(Cl)nc(C(C)C)n1. The summed E-state index contributed by atoms with van der Waals surface area (Å²) in [5.74, 6) is 1.72. The lowest BCUT2D eigenvalue weighted by molar-refractivity contribution is 0.0759. The second-order valence-electron chi connectivity index (χ2n) is 4.12. The molecule has 6 heteroatoms. The molecule has 0 spiro atoms. The van der Waals surface area contributed by atoms with Gasteiger partial charge in [-0.3, -0.25) is 0 Å². The van der Waals surface area contributed by atoms with Crippen molar-refractivity contribution in [2.75, 3.05) is 38.8 Å². The first kappa shape index (κ1) is 15.1. The molecule has 0 radical (unpaired) electrons. The van der Waals surface area contributed by atoms with Crippen LogP contribution in [0.5, 0.6) is 0 Å². The van der Waals surface area contributed by atoms with E-state index in [4.69, 9.17) is 21.1 Å². The lowest BCUT2D eigenvalue weighted by Crippen LogP contribution is -2.13. The molecule has 0 fully saturated rings. The van der Waals surface area contributed by atoms with Crippen LogP contribution < -0.4 is 5.32 Å². The van der Waals surface area contributed by atoms with Crippen LogP contribution in [0.1, 0.15) is 25.6 Å². The predicted octanol–water partition coefficient (Wildman–Crippen LogP) is 2.33. The van der Waals surface area contributed by atoms with Crippen LogP contribution in [0.2, 0.25) is 5.15 Å². The molecule has 0 aliphatic heterocycles. The largest absolute Gasteiger partial charge is 0.382 e. The van der Waals surface area contributed by atoms with Crippen molar-refractivity contribution in [1.29, 1.82) is 0 Å². The predicted molar refractivity (Wildman–Crippen MR) is 72.3 cm³/mol. The Morgan fingerprint density at radius 3 is 2.72 bits per heavy atom. The Bertz CT molecular complexity index is 361. The van der Waals surface area contributed by atoms with Crippen LogP contribution in [-0.4, -0.2) is 43.4 Å². The molecule has 18 heavy (non-hydrogen) atoms. The van der Waals surface area contributed by atoms with Gasteiger partial charge in [0.25, 0.3) is 0 Å². The first-order valence-corrected chi connectivity index (χ1v) is 6.36. The van der Waals surface area contributed by atoms with Crippen molar-refractivity contribution in [1.82, 2.24) is 9.97 Å². The number of nitrogens with zero attached hydrogens (tertiary/aromatic N) is 2. The molecule has 1 rings (SSSR count). The van der Waals surface area contributed by atoms with Gasteiger partial charge < -0.3 is 14.8 Å². The van der Waals surface area contributed by atoms with E-state index in [-0.39, 0.29) is 5.92 Å². The van der Waals surface area contributed by atoms with Crippen LogP contribution in [-0.2, 0) is 9.47 Å². The molecule has 1 aromatic rings. The molecule has 102 valence electrons. The van der Waals surface area contributed by atoms with Crippen LogP contribution in [0.3, 0.4) is 0 Å². The van der Waals surface area contributed by atoms with Gasteiger partial charge in [-0.2, -0.15) is 0 Å². The fraction of sp³-hybridized carbons (Fsp3) is 0.667. The van der Waals surface area contributed by atoms with Gasteiger partial charge in [0.1, 0.15) is 16.8 Å². The Balaban J connectivity index is 2.37. The Hall–Kier alpha value is -0.910. The molecule has 1 N–H and O–H groups in total. The summed E-state index contributed by atoms with van der Waals surface area (Å²) >= 11 is 5.94. The number of rotatable bonds is 8. The van der Waals surface area contributed by atoms with Gasteiger partial charge >= 0.3 is 0 Å². The van der Waals surface area contributed by atoms with Crippen LogP contribution in [0.15, 0.2) is 6.07 Å². The molecule has 1 heterocycles. The zero-order chi connectivity index (χ0) is 13.4. The summed E-state index contributed by atoms with van der Waals surface area (Å²) < 4.78 is 10.2. The zero-order valence-electron chi connectivity index (χ0n) is 11.1. The number of hydrogen-bond donors (Lipinski definition) is 1. The molecular weight excluding hydrogens is 254 g/mol. The van der Waals surface area contributed by atoms with Gasteiger partial charge in [0, 0.05) is 25.6 Å². The highest BCUT2D eigenvalue weighted by molar-refractivity contribution is 6.29. The summed E-state index contributed by atoms with van der Waals surface area (Å²) in [5, 5.41) is 3.61. The maximum atomic E-state index is 5.94. The number of halogens is 1. The van der Waals surface area contributed by atoms with Gasteiger partial charge in [0.15, 0.2) is 0 Å². The maximum Gasteiger partial charge on any atom is 0.135 e. The van der Waals surface area contributed by atoms with Crippen molar-refractivity contribution in [3.05, 3.63) is 17.0 Å². The molecule has 1 aromatic heterocycles. The van der Waals surface area contributed by atoms with E-state index < -0.39 is 0 Å². The fourth-order valence-electron chi connectivity index (χ4n) is 1.28. The second-order valence-corrected chi connectivity index (χ2v) is 4.51. The lowest BCUT2D eigenvalue weighted by Gasteiger charge is -2.09. The molecule has 0 bridgehead atoms. The summed E-state index contributed by atoms with van der Waals surface area (Å²) in [7, 11) is 1.65. The Labute approximate surface area is 113 Å². The number of hydrogen-bond acceptors (Lipinski definition) is 5. The molecule has 0 saturated carbocycles. The van der Waals surface area contributed by atoms with Crippen molar-refractivity contribution < 1.29 is 9.47 Å². The molecule has 0 amide bonds. The van der Waals surface area contributed by atoms with Crippen molar-refractivity contribution in [3.8, 4) is 0 Å². The van der Waals surface area contributed by atoms with Gasteiger partial charge in [0.2, 0.25) is 0 Å². The molecule has 5 nitrogen and oxygen atoms in total. The van der Waals surface area contributed by atoms with E-state index >= 15 is 0 Å². The van der Waals surface area contributed by atoms with Crippen molar-refractivity contribution in [2.24, 2.45) is 0 Å². The topological polar surface area (TPSA) is 56.3 Å². The number of methoxy groups -OCH3 is 1. The quantitative estimate of drug-likeness (QED) is 0.582. The van der Waals surface area contributed by atoms with Gasteiger partial charge in [-0.05, 0) is 0 Å². The monoisotopic (exact) mass is 273 g/mol. The van der Waals surface area contributed by atoms with E-state index in [9.17, 15) is 0 Å². The highest BCUT2D eigenvalue weighted by Gasteiger charge is 2.06. The number of ether oxygens (including phenoxy) is 2. The third-order valence-corrected chi connectivity index (χ3v) is 2.41. The first-order valence-electron chi connectivity index (χ1n) is 5.98. The third-order valence-electron chi connectivity index (χ3n) is 2.21. The zero-order valence-corrected chi connectivity index (χ0v) is 11.8. The van der Waals surface area contributed by atoms with Crippen LogP contribution in [0.4, 0.5) is 5.82 Å². The number of nitrogens with one attached hydrogen (secondary N) is 1. The standard InChI is InChI=1S/C12H20ClN3O2/c1-9(2)12-15-10(13)8-11(16-12)14-4-5-18-7-6-17-3/h8-9H,4-7H2,1-3H3,(H,14,15,16). The summed E-state index contributed by atoms with van der Waals surface area (Å²) in [6.07, 6.45) is 0. The molecule has 0 aliphatic carbocycles. The first-order chi connectivity index (χ1) is 8.63. The smallest absolute Gasteiger partial charge is 0.135 e. The van der Waals surface area contributed by atoms with Gasteiger partial charge in [-0.25, -0.2) is 9.97 Å². The molecular formula is C12H20ClN3O2. The summed E-state index contributed by atoms with van der Waals surface area (Å²) in [6.45, 7) is 6.54. The summed E-state index contributed by atoms with van der Waals surface area (Å²) in [4.78, 5) is 8.55.